The van der Waals surface area contributed by atoms with Gasteiger partial charge in [-0.15, -0.1) is 0 Å². The zero-order chi connectivity index (χ0) is 16.1. The van der Waals surface area contributed by atoms with Crippen LogP contribution < -0.4 is 10.6 Å². The maximum Gasteiger partial charge on any atom is 0.315 e. The third-order valence-electron chi connectivity index (χ3n) is 3.53. The second-order valence-corrected chi connectivity index (χ2v) is 5.88. The lowest BCUT2D eigenvalue weighted by Crippen LogP contribution is -2.41. The maximum atomic E-state index is 11.9. The van der Waals surface area contributed by atoms with Crippen molar-refractivity contribution in [1.29, 1.82) is 0 Å². The van der Waals surface area contributed by atoms with Gasteiger partial charge in [0.05, 0.1) is 6.54 Å². The van der Waals surface area contributed by atoms with E-state index in [0.717, 1.165) is 12.2 Å². The lowest BCUT2D eigenvalue weighted by Gasteiger charge is -2.15. The highest BCUT2D eigenvalue weighted by Crippen LogP contribution is 2.10. The predicted octanol–water partition coefficient (Wildman–Crippen LogP) is 2.47. The molecule has 2 N–H and O–H groups in total. The molecule has 0 bridgehead atoms. The van der Waals surface area contributed by atoms with Crippen LogP contribution in [0.1, 0.15) is 29.4 Å². The number of hydrogen-bond donors (Lipinski definition) is 2. The summed E-state index contributed by atoms with van der Waals surface area (Å²) < 4.78 is 1.89. The number of carbonyl (C=O) groups excluding carboxylic acids is 1. The number of nitrogens with one attached hydrogen (secondary N) is 2. The summed E-state index contributed by atoms with van der Waals surface area (Å²) in [6.45, 7) is 6.62. The molecule has 5 nitrogen and oxygen atoms in total. The van der Waals surface area contributed by atoms with Crippen molar-refractivity contribution in [1.82, 2.24) is 20.2 Å². The minimum absolute atomic E-state index is 0.0718. The first-order valence-corrected chi connectivity index (χ1v) is 7.52. The van der Waals surface area contributed by atoms with E-state index in [2.05, 4.69) is 47.7 Å². The highest BCUT2D eigenvalue weighted by Gasteiger charge is 2.09. The molecule has 5 heteroatoms. The Morgan fingerprint density at radius 2 is 1.95 bits per heavy atom. The van der Waals surface area contributed by atoms with Crippen LogP contribution >= 0.6 is 0 Å². The minimum Gasteiger partial charge on any atom is -0.337 e. The summed E-state index contributed by atoms with van der Waals surface area (Å²) in [6.07, 6.45) is 4.40. The monoisotopic (exact) mass is 300 g/mol. The van der Waals surface area contributed by atoms with Gasteiger partial charge in [-0.1, -0.05) is 29.3 Å². The smallest absolute Gasteiger partial charge is 0.315 e. The molecule has 0 radical (unpaired) electrons. The molecule has 0 saturated heterocycles. The van der Waals surface area contributed by atoms with E-state index in [4.69, 9.17) is 0 Å². The molecule has 2 aromatic rings. The number of imidazole rings is 1. The summed E-state index contributed by atoms with van der Waals surface area (Å²) in [5, 5.41) is 5.79. The molecule has 0 aliphatic carbocycles. The number of amides is 2. The molecule has 118 valence electrons. The molecule has 0 aliphatic heterocycles. The number of aromatic nitrogens is 2. The quantitative estimate of drug-likeness (QED) is 0.891. The normalized spacial score (nSPS) is 12.0. The Hall–Kier alpha value is -2.30. The van der Waals surface area contributed by atoms with Crippen molar-refractivity contribution in [2.75, 3.05) is 0 Å². The van der Waals surface area contributed by atoms with E-state index in [9.17, 15) is 4.79 Å². The van der Waals surface area contributed by atoms with Crippen molar-refractivity contribution in [3.63, 3.8) is 0 Å². The van der Waals surface area contributed by atoms with Gasteiger partial charge in [-0.2, -0.15) is 0 Å². The average Bonchev–Trinajstić information content (AvgIpc) is 2.80. The molecule has 0 fully saturated rings. The van der Waals surface area contributed by atoms with E-state index in [-0.39, 0.29) is 12.1 Å². The van der Waals surface area contributed by atoms with Gasteiger partial charge in [0.1, 0.15) is 5.82 Å². The van der Waals surface area contributed by atoms with Crippen molar-refractivity contribution in [3.8, 4) is 0 Å². The summed E-state index contributed by atoms with van der Waals surface area (Å²) in [5.41, 5.74) is 3.75. The number of benzene rings is 1. The van der Waals surface area contributed by atoms with E-state index in [0.29, 0.717) is 6.54 Å². The fourth-order valence-corrected chi connectivity index (χ4v) is 2.59. The molecule has 0 saturated carbocycles. The zero-order valence-electron chi connectivity index (χ0n) is 13.7. The first kappa shape index (κ1) is 16.1. The molecular weight excluding hydrogens is 276 g/mol. The topological polar surface area (TPSA) is 59.0 Å². The van der Waals surface area contributed by atoms with Gasteiger partial charge in [-0.05, 0) is 32.8 Å². The lowest BCUT2D eigenvalue weighted by molar-refractivity contribution is 0.237. The Morgan fingerprint density at radius 1 is 1.27 bits per heavy atom. The summed E-state index contributed by atoms with van der Waals surface area (Å²) in [4.78, 5) is 16.1. The summed E-state index contributed by atoms with van der Waals surface area (Å²) in [7, 11) is 1.91. The van der Waals surface area contributed by atoms with Crippen molar-refractivity contribution >= 4 is 6.03 Å². The third kappa shape index (κ3) is 4.62. The fraction of sp³-hybridized carbons (Fsp3) is 0.412. The second kappa shape index (κ2) is 7.11. The van der Waals surface area contributed by atoms with Crippen LogP contribution in [0.3, 0.4) is 0 Å². The molecule has 2 rings (SSSR count). The third-order valence-corrected chi connectivity index (χ3v) is 3.53. The molecule has 1 aromatic carbocycles. The molecule has 1 heterocycles. The molecule has 2 amide bonds. The van der Waals surface area contributed by atoms with Gasteiger partial charge >= 0.3 is 6.03 Å². The molecule has 0 aliphatic rings. The zero-order valence-corrected chi connectivity index (χ0v) is 13.7. The Bertz CT molecular complexity index is 628. The Morgan fingerprint density at radius 3 is 2.55 bits per heavy atom. The van der Waals surface area contributed by atoms with Gasteiger partial charge in [0.15, 0.2) is 0 Å². The van der Waals surface area contributed by atoms with Crippen LogP contribution in [0.4, 0.5) is 4.79 Å². The number of nitrogens with zero attached hydrogens (tertiary/aromatic N) is 2. The summed E-state index contributed by atoms with van der Waals surface area (Å²) in [6, 6.07) is 6.39. The highest BCUT2D eigenvalue weighted by molar-refractivity contribution is 5.74. The Labute approximate surface area is 131 Å². The van der Waals surface area contributed by atoms with Gasteiger partial charge in [-0.3, -0.25) is 0 Å². The van der Waals surface area contributed by atoms with Crippen LogP contribution in [0.15, 0.2) is 30.6 Å². The number of hydrogen-bond acceptors (Lipinski definition) is 2. The van der Waals surface area contributed by atoms with Crippen LogP contribution in [-0.2, 0) is 20.0 Å². The van der Waals surface area contributed by atoms with Gasteiger partial charge in [0.25, 0.3) is 0 Å². The van der Waals surface area contributed by atoms with Gasteiger partial charge in [0.2, 0.25) is 0 Å². The van der Waals surface area contributed by atoms with Gasteiger partial charge in [0, 0.05) is 25.5 Å². The second-order valence-electron chi connectivity index (χ2n) is 5.88. The van der Waals surface area contributed by atoms with Gasteiger partial charge in [-0.25, -0.2) is 9.78 Å². The fourth-order valence-electron chi connectivity index (χ4n) is 2.59. The molecular formula is C17H24N4O. The minimum atomic E-state index is -0.167. The number of aryl methyl sites for hydroxylation is 3. The van der Waals surface area contributed by atoms with Crippen LogP contribution in [0.5, 0.6) is 0 Å². The SMILES string of the molecule is Cc1cc(C)cc(C[C@H](C)NC(=O)NCc2nccn2C)c1. The maximum absolute atomic E-state index is 11.9. The van der Waals surface area contributed by atoms with E-state index >= 15 is 0 Å². The first-order chi connectivity index (χ1) is 10.4. The van der Waals surface area contributed by atoms with Crippen LogP contribution in [0.2, 0.25) is 0 Å². The largest absolute Gasteiger partial charge is 0.337 e. The van der Waals surface area contributed by atoms with E-state index in [1.54, 1.807) is 6.20 Å². The van der Waals surface area contributed by atoms with Crippen LogP contribution in [0, 0.1) is 13.8 Å². The van der Waals surface area contributed by atoms with Crippen molar-refractivity contribution in [3.05, 3.63) is 53.1 Å². The number of urea groups is 1. The van der Waals surface area contributed by atoms with E-state index in [1.165, 1.54) is 16.7 Å². The predicted molar refractivity (Wildman–Crippen MR) is 87.7 cm³/mol. The first-order valence-electron chi connectivity index (χ1n) is 7.52. The number of carbonyl (C=O) groups is 1. The molecule has 0 spiro atoms. The summed E-state index contributed by atoms with van der Waals surface area (Å²) >= 11 is 0. The lowest BCUT2D eigenvalue weighted by atomic mass is 10.0. The van der Waals surface area contributed by atoms with Crippen molar-refractivity contribution in [2.45, 2.75) is 39.8 Å². The van der Waals surface area contributed by atoms with Crippen LogP contribution in [0.25, 0.3) is 0 Å². The Kier molecular flexibility index (Phi) is 5.20. The standard InChI is InChI=1S/C17H24N4O/c1-12-7-13(2)9-15(8-12)10-14(3)20-17(22)19-11-16-18-5-6-21(16)4/h5-9,14H,10-11H2,1-4H3,(H2,19,20,22)/t14-/m0/s1. The molecule has 1 aromatic heterocycles. The summed E-state index contributed by atoms with van der Waals surface area (Å²) in [5.74, 6) is 0.831. The van der Waals surface area contributed by atoms with Crippen molar-refractivity contribution in [2.24, 2.45) is 7.05 Å². The number of rotatable bonds is 5. The van der Waals surface area contributed by atoms with E-state index < -0.39 is 0 Å². The van der Waals surface area contributed by atoms with E-state index in [1.807, 2.05) is 24.7 Å². The Balaban J connectivity index is 1.82. The highest BCUT2D eigenvalue weighted by atomic mass is 16.2. The van der Waals surface area contributed by atoms with Gasteiger partial charge < -0.3 is 15.2 Å². The average molecular weight is 300 g/mol. The van der Waals surface area contributed by atoms with Crippen molar-refractivity contribution < 1.29 is 4.79 Å². The van der Waals surface area contributed by atoms with Crippen LogP contribution in [-0.4, -0.2) is 21.6 Å². The molecule has 1 atom stereocenters. The molecule has 22 heavy (non-hydrogen) atoms. The molecule has 0 unspecified atom stereocenters.